The molecule has 4 bridgehead atoms. The fourth-order valence-corrected chi connectivity index (χ4v) is 6.01. The molecule has 1 unspecified atom stereocenters. The summed E-state index contributed by atoms with van der Waals surface area (Å²) in [6, 6.07) is 2.11. The number of carbonyl (C=O) groups is 1. The number of nitrogens with zero attached hydrogens (tertiary/aromatic N) is 2. The number of anilines is 1. The molecule has 0 radical (unpaired) electrons. The van der Waals surface area contributed by atoms with Gasteiger partial charge in [-0.05, 0) is 81.1 Å². The molecule has 1 heterocycles. The number of hydrogen-bond acceptors (Lipinski definition) is 4. The normalized spacial score (nSPS) is 33.9. The summed E-state index contributed by atoms with van der Waals surface area (Å²) in [6.07, 6.45) is 13.2. The summed E-state index contributed by atoms with van der Waals surface area (Å²) in [5.74, 6) is 3.62. The molecule has 0 aromatic carbocycles. The second-order valence-electron chi connectivity index (χ2n) is 8.67. The summed E-state index contributed by atoms with van der Waals surface area (Å²) >= 11 is 0. The Hall–Kier alpha value is -1.65. The predicted molar refractivity (Wildman–Crippen MR) is 98.0 cm³/mol. The highest BCUT2D eigenvalue weighted by molar-refractivity contribution is 5.76. The number of rotatable bonds is 7. The Morgan fingerprint density at radius 2 is 1.76 bits per heavy atom. The molecule has 0 spiro atoms. The summed E-state index contributed by atoms with van der Waals surface area (Å²) < 4.78 is 0. The number of nitrogens with one attached hydrogen (secondary N) is 2. The average Bonchev–Trinajstić information content (AvgIpc) is 2.58. The highest BCUT2D eigenvalue weighted by Gasteiger charge is 2.53. The molecular formula is C20H30N4O. The van der Waals surface area contributed by atoms with E-state index >= 15 is 0 Å². The van der Waals surface area contributed by atoms with Crippen molar-refractivity contribution in [1.29, 1.82) is 0 Å². The Balaban J connectivity index is 1.22. The SMILES string of the molecule is CC(NC(=O)CCCNc1ncccn1)C12CC3CC(CC(C3)C1)C2. The molecule has 1 amide bonds. The van der Waals surface area contributed by atoms with Crippen LogP contribution in [0.2, 0.25) is 0 Å². The Labute approximate surface area is 150 Å². The lowest BCUT2D eigenvalue weighted by Gasteiger charge is -2.59. The maximum absolute atomic E-state index is 12.4. The van der Waals surface area contributed by atoms with E-state index in [2.05, 4.69) is 27.5 Å². The minimum Gasteiger partial charge on any atom is -0.354 e. The van der Waals surface area contributed by atoms with Crippen LogP contribution in [-0.2, 0) is 4.79 Å². The van der Waals surface area contributed by atoms with Crippen molar-refractivity contribution in [2.24, 2.45) is 23.2 Å². The van der Waals surface area contributed by atoms with Gasteiger partial charge in [0.05, 0.1) is 0 Å². The van der Waals surface area contributed by atoms with Crippen molar-refractivity contribution >= 4 is 11.9 Å². The summed E-state index contributed by atoms with van der Waals surface area (Å²) in [5, 5.41) is 6.50. The number of amides is 1. The van der Waals surface area contributed by atoms with Crippen LogP contribution in [0.3, 0.4) is 0 Å². The third-order valence-electron chi connectivity index (χ3n) is 6.81. The van der Waals surface area contributed by atoms with Crippen molar-refractivity contribution < 1.29 is 4.79 Å². The van der Waals surface area contributed by atoms with E-state index in [1.807, 2.05) is 0 Å². The van der Waals surface area contributed by atoms with Crippen LogP contribution in [-0.4, -0.2) is 28.5 Å². The van der Waals surface area contributed by atoms with E-state index in [4.69, 9.17) is 0 Å². The second kappa shape index (κ2) is 6.93. The van der Waals surface area contributed by atoms with Crippen LogP contribution in [0, 0.1) is 23.2 Å². The largest absolute Gasteiger partial charge is 0.354 e. The molecule has 4 saturated carbocycles. The van der Waals surface area contributed by atoms with Gasteiger partial charge in [-0.1, -0.05) is 0 Å². The standard InChI is InChI=1S/C20H30N4O/c1-14(20-11-15-8-16(12-20)10-17(9-15)13-20)24-18(25)4-2-5-21-19-22-6-3-7-23-19/h3,6-7,14-17H,2,4-5,8-13H2,1H3,(H,24,25)(H,21,22,23). The van der Waals surface area contributed by atoms with Crippen LogP contribution < -0.4 is 10.6 Å². The molecule has 0 saturated heterocycles. The van der Waals surface area contributed by atoms with Crippen LogP contribution in [0.5, 0.6) is 0 Å². The summed E-state index contributed by atoms with van der Waals surface area (Å²) in [7, 11) is 0. The molecule has 5 nitrogen and oxygen atoms in total. The smallest absolute Gasteiger partial charge is 0.222 e. The molecule has 1 aromatic heterocycles. The fraction of sp³-hybridized carbons (Fsp3) is 0.750. The molecule has 136 valence electrons. The van der Waals surface area contributed by atoms with Gasteiger partial charge in [-0.3, -0.25) is 4.79 Å². The van der Waals surface area contributed by atoms with Gasteiger partial charge < -0.3 is 10.6 Å². The Morgan fingerprint density at radius 1 is 1.16 bits per heavy atom. The van der Waals surface area contributed by atoms with E-state index in [0.29, 0.717) is 23.8 Å². The van der Waals surface area contributed by atoms with E-state index in [9.17, 15) is 4.79 Å². The quantitative estimate of drug-likeness (QED) is 0.746. The van der Waals surface area contributed by atoms with Gasteiger partial charge in [0.1, 0.15) is 0 Å². The van der Waals surface area contributed by atoms with Gasteiger partial charge in [-0.2, -0.15) is 0 Å². The minimum atomic E-state index is 0.194. The maximum Gasteiger partial charge on any atom is 0.222 e. The van der Waals surface area contributed by atoms with Gasteiger partial charge in [-0.25, -0.2) is 9.97 Å². The van der Waals surface area contributed by atoms with Gasteiger partial charge in [0.15, 0.2) is 0 Å². The molecule has 4 aliphatic rings. The van der Waals surface area contributed by atoms with E-state index in [1.165, 1.54) is 38.5 Å². The lowest BCUT2D eigenvalue weighted by Crippen LogP contribution is -2.55. The predicted octanol–water partition coefficient (Wildman–Crippen LogP) is 3.39. The lowest BCUT2D eigenvalue weighted by molar-refractivity contribution is -0.125. The van der Waals surface area contributed by atoms with E-state index in [1.54, 1.807) is 18.5 Å². The van der Waals surface area contributed by atoms with Crippen molar-refractivity contribution in [3.63, 3.8) is 0 Å². The first-order valence-corrected chi connectivity index (χ1v) is 9.93. The molecule has 2 N–H and O–H groups in total. The van der Waals surface area contributed by atoms with E-state index in [0.717, 1.165) is 30.7 Å². The first-order chi connectivity index (χ1) is 12.1. The van der Waals surface area contributed by atoms with Gasteiger partial charge in [0.2, 0.25) is 11.9 Å². The first-order valence-electron chi connectivity index (χ1n) is 9.93. The van der Waals surface area contributed by atoms with Crippen molar-refractivity contribution in [1.82, 2.24) is 15.3 Å². The van der Waals surface area contributed by atoms with Crippen LogP contribution in [0.1, 0.15) is 58.3 Å². The third-order valence-corrected chi connectivity index (χ3v) is 6.81. The van der Waals surface area contributed by atoms with Crippen molar-refractivity contribution in [2.75, 3.05) is 11.9 Å². The van der Waals surface area contributed by atoms with Crippen LogP contribution >= 0.6 is 0 Å². The summed E-state index contributed by atoms with van der Waals surface area (Å²) in [6.45, 7) is 2.98. The molecule has 25 heavy (non-hydrogen) atoms. The fourth-order valence-electron chi connectivity index (χ4n) is 6.01. The van der Waals surface area contributed by atoms with Gasteiger partial charge in [0.25, 0.3) is 0 Å². The maximum atomic E-state index is 12.4. The van der Waals surface area contributed by atoms with Crippen molar-refractivity contribution in [3.8, 4) is 0 Å². The van der Waals surface area contributed by atoms with Crippen LogP contribution in [0.4, 0.5) is 5.95 Å². The van der Waals surface area contributed by atoms with Crippen LogP contribution in [0.15, 0.2) is 18.5 Å². The molecule has 4 fully saturated rings. The Morgan fingerprint density at radius 3 is 2.36 bits per heavy atom. The summed E-state index contributed by atoms with van der Waals surface area (Å²) in [4.78, 5) is 20.6. The molecule has 1 aromatic rings. The molecular weight excluding hydrogens is 312 g/mol. The van der Waals surface area contributed by atoms with Gasteiger partial charge >= 0.3 is 0 Å². The summed E-state index contributed by atoms with van der Waals surface area (Å²) in [5.41, 5.74) is 0.389. The van der Waals surface area contributed by atoms with Gasteiger partial charge in [0, 0.05) is 31.4 Å². The third kappa shape index (κ3) is 3.65. The number of hydrogen-bond donors (Lipinski definition) is 2. The van der Waals surface area contributed by atoms with Crippen molar-refractivity contribution in [2.45, 2.75) is 64.3 Å². The zero-order chi connectivity index (χ0) is 17.3. The van der Waals surface area contributed by atoms with E-state index in [-0.39, 0.29) is 5.91 Å². The monoisotopic (exact) mass is 342 g/mol. The first kappa shape index (κ1) is 16.8. The molecule has 5 rings (SSSR count). The Kier molecular flexibility index (Phi) is 4.65. The highest BCUT2D eigenvalue weighted by Crippen LogP contribution is 2.61. The molecule has 0 aliphatic heterocycles. The minimum absolute atomic E-state index is 0.194. The Bertz CT molecular complexity index is 568. The topological polar surface area (TPSA) is 66.9 Å². The molecule has 5 heteroatoms. The lowest BCUT2D eigenvalue weighted by atomic mass is 9.48. The van der Waals surface area contributed by atoms with Crippen LogP contribution in [0.25, 0.3) is 0 Å². The van der Waals surface area contributed by atoms with Crippen molar-refractivity contribution in [3.05, 3.63) is 18.5 Å². The second-order valence-corrected chi connectivity index (χ2v) is 8.67. The highest BCUT2D eigenvalue weighted by atomic mass is 16.1. The molecule has 1 atom stereocenters. The average molecular weight is 342 g/mol. The number of aromatic nitrogens is 2. The number of carbonyl (C=O) groups excluding carboxylic acids is 1. The molecule has 4 aliphatic carbocycles. The van der Waals surface area contributed by atoms with E-state index < -0.39 is 0 Å². The zero-order valence-electron chi connectivity index (χ0n) is 15.2. The van der Waals surface area contributed by atoms with Gasteiger partial charge in [-0.15, -0.1) is 0 Å². The zero-order valence-corrected chi connectivity index (χ0v) is 15.2.